The third-order valence-corrected chi connectivity index (χ3v) is 5.74. The molecule has 2 amide bonds. The number of nitrogens with one attached hydrogen (secondary N) is 2. The SMILES string of the molecule is COCCCN1CCC(CNC(=O)Nc2cccc(N3CCCC3)c2C)C1. The number of hydrogen-bond acceptors (Lipinski definition) is 4. The Morgan fingerprint density at radius 2 is 2.07 bits per heavy atom. The zero-order chi connectivity index (χ0) is 19.1. The first-order valence-electron chi connectivity index (χ1n) is 10.3. The maximum atomic E-state index is 12.4. The second-order valence-corrected chi connectivity index (χ2v) is 7.78. The van der Waals surface area contributed by atoms with Gasteiger partial charge in [0.2, 0.25) is 0 Å². The van der Waals surface area contributed by atoms with E-state index in [4.69, 9.17) is 4.74 Å². The van der Waals surface area contributed by atoms with E-state index in [1.54, 1.807) is 7.11 Å². The molecule has 6 heteroatoms. The summed E-state index contributed by atoms with van der Waals surface area (Å²) in [5.41, 5.74) is 3.30. The van der Waals surface area contributed by atoms with Crippen LogP contribution in [-0.2, 0) is 4.74 Å². The van der Waals surface area contributed by atoms with Gasteiger partial charge in [-0.1, -0.05) is 6.07 Å². The summed E-state index contributed by atoms with van der Waals surface area (Å²) in [7, 11) is 1.75. The molecule has 1 aromatic carbocycles. The molecule has 0 spiro atoms. The summed E-state index contributed by atoms with van der Waals surface area (Å²) in [4.78, 5) is 17.3. The van der Waals surface area contributed by atoms with Crippen molar-refractivity contribution in [1.29, 1.82) is 0 Å². The van der Waals surface area contributed by atoms with Gasteiger partial charge in [-0.15, -0.1) is 0 Å². The smallest absolute Gasteiger partial charge is 0.319 e. The van der Waals surface area contributed by atoms with E-state index in [0.29, 0.717) is 5.92 Å². The summed E-state index contributed by atoms with van der Waals surface area (Å²) in [6, 6.07) is 6.07. The number of urea groups is 1. The molecule has 2 aliphatic rings. The fourth-order valence-electron chi connectivity index (χ4n) is 4.18. The lowest BCUT2D eigenvalue weighted by atomic mass is 10.1. The molecule has 2 fully saturated rings. The molecule has 2 saturated heterocycles. The van der Waals surface area contributed by atoms with Gasteiger partial charge >= 0.3 is 6.03 Å². The number of carbonyl (C=O) groups is 1. The third kappa shape index (κ3) is 5.59. The molecule has 27 heavy (non-hydrogen) atoms. The summed E-state index contributed by atoms with van der Waals surface area (Å²) >= 11 is 0. The Labute approximate surface area is 163 Å². The number of hydrogen-bond donors (Lipinski definition) is 2. The van der Waals surface area contributed by atoms with Crippen LogP contribution in [0.15, 0.2) is 18.2 Å². The highest BCUT2D eigenvalue weighted by Gasteiger charge is 2.22. The van der Waals surface area contributed by atoms with Crippen LogP contribution in [-0.4, -0.2) is 63.9 Å². The average molecular weight is 375 g/mol. The van der Waals surface area contributed by atoms with Gasteiger partial charge in [0, 0.05) is 57.8 Å². The minimum Gasteiger partial charge on any atom is -0.385 e. The lowest BCUT2D eigenvalue weighted by Crippen LogP contribution is -2.34. The van der Waals surface area contributed by atoms with Crippen LogP contribution in [0.3, 0.4) is 0 Å². The third-order valence-electron chi connectivity index (χ3n) is 5.74. The van der Waals surface area contributed by atoms with E-state index in [-0.39, 0.29) is 6.03 Å². The number of nitrogens with zero attached hydrogens (tertiary/aromatic N) is 2. The van der Waals surface area contributed by atoms with Crippen LogP contribution in [0, 0.1) is 12.8 Å². The molecule has 3 rings (SSSR count). The quantitative estimate of drug-likeness (QED) is 0.687. The van der Waals surface area contributed by atoms with Crippen LogP contribution in [0.5, 0.6) is 0 Å². The van der Waals surface area contributed by atoms with Crippen molar-refractivity contribution in [2.24, 2.45) is 5.92 Å². The molecule has 0 aromatic heterocycles. The van der Waals surface area contributed by atoms with Gasteiger partial charge in [0.25, 0.3) is 0 Å². The molecule has 1 unspecified atom stereocenters. The zero-order valence-corrected chi connectivity index (χ0v) is 16.8. The van der Waals surface area contributed by atoms with Gasteiger partial charge in [0.1, 0.15) is 0 Å². The summed E-state index contributed by atoms with van der Waals surface area (Å²) < 4.78 is 5.12. The predicted octanol–water partition coefficient (Wildman–Crippen LogP) is 3.08. The Hall–Kier alpha value is -1.79. The topological polar surface area (TPSA) is 56.8 Å². The number of anilines is 2. The van der Waals surface area contributed by atoms with Crippen LogP contribution in [0.2, 0.25) is 0 Å². The number of likely N-dealkylation sites (tertiary alicyclic amines) is 1. The zero-order valence-electron chi connectivity index (χ0n) is 16.8. The van der Waals surface area contributed by atoms with E-state index >= 15 is 0 Å². The Morgan fingerprint density at radius 3 is 2.85 bits per heavy atom. The minimum absolute atomic E-state index is 0.102. The highest BCUT2D eigenvalue weighted by molar-refractivity contribution is 5.91. The Balaban J connectivity index is 1.44. The van der Waals surface area contributed by atoms with Crippen LogP contribution < -0.4 is 15.5 Å². The van der Waals surface area contributed by atoms with Gasteiger partial charge in [-0.3, -0.25) is 0 Å². The molecule has 150 valence electrons. The van der Waals surface area contributed by atoms with Crippen molar-refractivity contribution in [3.63, 3.8) is 0 Å². The maximum Gasteiger partial charge on any atom is 0.319 e. The molecule has 0 saturated carbocycles. The van der Waals surface area contributed by atoms with Gasteiger partial charge in [0.05, 0.1) is 0 Å². The Morgan fingerprint density at radius 1 is 1.26 bits per heavy atom. The van der Waals surface area contributed by atoms with Crippen LogP contribution >= 0.6 is 0 Å². The van der Waals surface area contributed by atoms with Gasteiger partial charge in [-0.2, -0.15) is 0 Å². The standard InChI is InChI=1S/C21H34N4O2/c1-17-19(7-5-8-20(17)25-11-3-4-12-25)23-21(26)22-15-18-9-13-24(16-18)10-6-14-27-2/h5,7-8,18H,3-4,6,9-16H2,1-2H3,(H2,22,23,26). The number of ether oxygens (including phenoxy) is 1. The largest absolute Gasteiger partial charge is 0.385 e. The molecule has 0 aliphatic carbocycles. The normalized spacial score (nSPS) is 20.2. The van der Waals surface area contributed by atoms with E-state index < -0.39 is 0 Å². The number of benzene rings is 1. The van der Waals surface area contributed by atoms with Crippen molar-refractivity contribution < 1.29 is 9.53 Å². The number of rotatable bonds is 8. The van der Waals surface area contributed by atoms with E-state index in [9.17, 15) is 4.79 Å². The van der Waals surface area contributed by atoms with Crippen LogP contribution in [0.1, 0.15) is 31.2 Å². The van der Waals surface area contributed by atoms with Crippen molar-refractivity contribution in [2.45, 2.75) is 32.6 Å². The van der Waals surface area contributed by atoms with E-state index in [1.165, 1.54) is 18.5 Å². The lowest BCUT2D eigenvalue weighted by molar-refractivity contribution is 0.178. The van der Waals surface area contributed by atoms with E-state index in [1.807, 2.05) is 12.1 Å². The summed E-state index contributed by atoms with van der Waals surface area (Å²) in [6.45, 7) is 9.13. The molecule has 2 heterocycles. The highest BCUT2D eigenvalue weighted by Crippen LogP contribution is 2.29. The van der Waals surface area contributed by atoms with Crippen LogP contribution in [0.4, 0.5) is 16.2 Å². The van der Waals surface area contributed by atoms with Gasteiger partial charge in [-0.05, 0) is 62.8 Å². The monoisotopic (exact) mass is 374 g/mol. The van der Waals surface area contributed by atoms with Gasteiger partial charge in [-0.25, -0.2) is 4.79 Å². The predicted molar refractivity (Wildman–Crippen MR) is 111 cm³/mol. The molecule has 2 N–H and O–H groups in total. The molecular formula is C21H34N4O2. The van der Waals surface area contributed by atoms with Crippen molar-refractivity contribution in [3.05, 3.63) is 23.8 Å². The van der Waals surface area contributed by atoms with Gasteiger partial charge in [0.15, 0.2) is 0 Å². The molecule has 1 aromatic rings. The Kier molecular flexibility index (Phi) is 7.35. The van der Waals surface area contributed by atoms with Crippen molar-refractivity contribution in [2.75, 3.05) is 63.2 Å². The first kappa shape index (κ1) is 20.0. The first-order valence-corrected chi connectivity index (χ1v) is 10.3. The average Bonchev–Trinajstić information content (AvgIpc) is 3.34. The summed E-state index contributed by atoms with van der Waals surface area (Å²) in [5, 5.41) is 6.11. The highest BCUT2D eigenvalue weighted by atomic mass is 16.5. The van der Waals surface area contributed by atoms with E-state index in [0.717, 1.165) is 70.0 Å². The molecule has 2 aliphatic heterocycles. The van der Waals surface area contributed by atoms with Crippen LogP contribution in [0.25, 0.3) is 0 Å². The lowest BCUT2D eigenvalue weighted by Gasteiger charge is -2.22. The number of methoxy groups -OCH3 is 1. The van der Waals surface area contributed by atoms with Gasteiger partial charge < -0.3 is 25.2 Å². The number of amides is 2. The minimum atomic E-state index is -0.102. The molecule has 6 nitrogen and oxygen atoms in total. The fourth-order valence-corrected chi connectivity index (χ4v) is 4.18. The number of carbonyl (C=O) groups excluding carboxylic acids is 1. The molecule has 1 atom stereocenters. The van der Waals surface area contributed by atoms with E-state index in [2.05, 4.69) is 33.4 Å². The molecule has 0 radical (unpaired) electrons. The maximum absolute atomic E-state index is 12.4. The summed E-state index contributed by atoms with van der Waals surface area (Å²) in [5.74, 6) is 0.537. The molecule has 0 bridgehead atoms. The van der Waals surface area contributed by atoms with Crippen molar-refractivity contribution >= 4 is 17.4 Å². The molecular weight excluding hydrogens is 340 g/mol. The van der Waals surface area contributed by atoms with Crippen molar-refractivity contribution in [3.8, 4) is 0 Å². The fraction of sp³-hybridized carbons (Fsp3) is 0.667. The summed E-state index contributed by atoms with van der Waals surface area (Å²) in [6.07, 6.45) is 4.73. The second kappa shape index (κ2) is 9.95. The van der Waals surface area contributed by atoms with Crippen molar-refractivity contribution in [1.82, 2.24) is 10.2 Å². The Bertz CT molecular complexity index is 616. The second-order valence-electron chi connectivity index (χ2n) is 7.78. The first-order chi connectivity index (χ1) is 13.2.